The van der Waals surface area contributed by atoms with Crippen LogP contribution < -0.4 is 5.32 Å². The first-order chi connectivity index (χ1) is 11.5. The van der Waals surface area contributed by atoms with Gasteiger partial charge in [-0.05, 0) is 43.3 Å². The Kier molecular flexibility index (Phi) is 4.40. The molecule has 0 aliphatic carbocycles. The van der Waals surface area contributed by atoms with Crippen LogP contribution in [0.2, 0.25) is 0 Å². The lowest BCUT2D eigenvalue weighted by Gasteiger charge is -2.05. The van der Waals surface area contributed by atoms with Gasteiger partial charge in [0.05, 0.1) is 12.7 Å². The number of halogens is 1. The summed E-state index contributed by atoms with van der Waals surface area (Å²) in [7, 11) is 1.31. The topological polar surface area (TPSA) is 68.5 Å². The number of amides is 1. The second kappa shape index (κ2) is 6.49. The molecule has 0 spiro atoms. The molecule has 0 fully saturated rings. The number of fused-ring (bicyclic) bond motifs is 1. The Morgan fingerprint density at radius 3 is 2.71 bits per heavy atom. The fourth-order valence-corrected chi connectivity index (χ4v) is 2.80. The number of furan rings is 1. The lowest BCUT2D eigenvalue weighted by Crippen LogP contribution is -2.12. The number of aryl methyl sites for hydroxylation is 1. The smallest absolute Gasteiger partial charge is 0.337 e. The number of carbonyl (C=O) groups excluding carboxylic acids is 2. The number of hydrogen-bond donors (Lipinski definition) is 1. The normalized spacial score (nSPS) is 10.6. The molecule has 6 heteroatoms. The highest BCUT2D eigenvalue weighted by Crippen LogP contribution is 2.28. The summed E-state index contributed by atoms with van der Waals surface area (Å²) in [5.74, 6) is -0.593. The van der Waals surface area contributed by atoms with E-state index in [4.69, 9.17) is 4.42 Å². The van der Waals surface area contributed by atoms with Crippen molar-refractivity contribution in [2.24, 2.45) is 0 Å². The van der Waals surface area contributed by atoms with Crippen LogP contribution in [0.25, 0.3) is 11.0 Å². The summed E-state index contributed by atoms with van der Waals surface area (Å²) in [4.78, 5) is 24.1. The minimum atomic E-state index is -0.462. The third kappa shape index (κ3) is 3.05. The summed E-state index contributed by atoms with van der Waals surface area (Å²) < 4.78 is 11.3. The zero-order chi connectivity index (χ0) is 17.3. The van der Waals surface area contributed by atoms with Crippen molar-refractivity contribution in [1.82, 2.24) is 0 Å². The predicted molar refractivity (Wildman–Crippen MR) is 94.4 cm³/mol. The predicted octanol–water partition coefficient (Wildman–Crippen LogP) is 4.54. The summed E-state index contributed by atoms with van der Waals surface area (Å²) in [6, 6.07) is 12.1. The Morgan fingerprint density at radius 1 is 1.17 bits per heavy atom. The molecular formula is C18H14BrNO4. The summed E-state index contributed by atoms with van der Waals surface area (Å²) in [6.45, 7) is 1.83. The van der Waals surface area contributed by atoms with E-state index in [1.807, 2.05) is 19.1 Å². The van der Waals surface area contributed by atoms with Crippen LogP contribution in [-0.4, -0.2) is 19.0 Å². The zero-order valence-corrected chi connectivity index (χ0v) is 14.6. The van der Waals surface area contributed by atoms with Crippen molar-refractivity contribution >= 4 is 44.5 Å². The van der Waals surface area contributed by atoms with E-state index in [-0.39, 0.29) is 11.7 Å². The second-order valence-electron chi connectivity index (χ2n) is 5.22. The van der Waals surface area contributed by atoms with Crippen LogP contribution in [0.4, 0.5) is 5.69 Å². The van der Waals surface area contributed by atoms with Crippen LogP contribution in [0.3, 0.4) is 0 Å². The maximum Gasteiger partial charge on any atom is 0.337 e. The Hall–Kier alpha value is -2.60. The number of rotatable bonds is 3. The first-order valence-corrected chi connectivity index (χ1v) is 7.97. The Bertz CT molecular complexity index is 945. The lowest BCUT2D eigenvalue weighted by molar-refractivity contribution is 0.0600. The van der Waals surface area contributed by atoms with Gasteiger partial charge in [-0.1, -0.05) is 22.0 Å². The second-order valence-corrected chi connectivity index (χ2v) is 6.14. The molecule has 2 aromatic carbocycles. The average Bonchev–Trinajstić information content (AvgIpc) is 2.91. The standard InChI is InChI=1S/C18H14BrNO4/c1-10-14-9-12(19)6-7-15(14)24-16(10)17(21)20-13-5-3-4-11(8-13)18(22)23-2/h3-9H,1-2H3,(H,20,21). The van der Waals surface area contributed by atoms with Crippen molar-refractivity contribution in [2.45, 2.75) is 6.92 Å². The van der Waals surface area contributed by atoms with E-state index < -0.39 is 5.97 Å². The van der Waals surface area contributed by atoms with Gasteiger partial charge in [-0.15, -0.1) is 0 Å². The number of benzene rings is 2. The highest BCUT2D eigenvalue weighted by Gasteiger charge is 2.18. The van der Waals surface area contributed by atoms with Crippen LogP contribution >= 0.6 is 15.9 Å². The van der Waals surface area contributed by atoms with Gasteiger partial charge in [0, 0.05) is 21.1 Å². The molecule has 122 valence electrons. The highest BCUT2D eigenvalue weighted by atomic mass is 79.9. The van der Waals surface area contributed by atoms with Crippen molar-refractivity contribution < 1.29 is 18.7 Å². The van der Waals surface area contributed by atoms with Crippen molar-refractivity contribution in [3.8, 4) is 0 Å². The van der Waals surface area contributed by atoms with E-state index in [1.54, 1.807) is 30.3 Å². The van der Waals surface area contributed by atoms with Crippen molar-refractivity contribution in [2.75, 3.05) is 12.4 Å². The molecular weight excluding hydrogens is 374 g/mol. The Labute approximate surface area is 146 Å². The minimum absolute atomic E-state index is 0.242. The molecule has 1 N–H and O–H groups in total. The van der Waals surface area contributed by atoms with Crippen molar-refractivity contribution in [3.63, 3.8) is 0 Å². The molecule has 1 amide bonds. The molecule has 1 heterocycles. The molecule has 0 atom stereocenters. The molecule has 0 aliphatic rings. The van der Waals surface area contributed by atoms with E-state index in [0.29, 0.717) is 16.8 Å². The van der Waals surface area contributed by atoms with E-state index in [0.717, 1.165) is 15.4 Å². The van der Waals surface area contributed by atoms with Gasteiger partial charge in [-0.2, -0.15) is 0 Å². The number of esters is 1. The Balaban J connectivity index is 1.90. The molecule has 3 aromatic rings. The lowest BCUT2D eigenvalue weighted by atomic mass is 10.1. The summed E-state index contributed by atoms with van der Waals surface area (Å²) in [5.41, 5.74) is 2.25. The third-order valence-corrected chi connectivity index (χ3v) is 4.14. The Morgan fingerprint density at radius 2 is 1.96 bits per heavy atom. The van der Waals surface area contributed by atoms with Crippen molar-refractivity contribution in [3.05, 3.63) is 63.8 Å². The monoisotopic (exact) mass is 387 g/mol. The van der Waals surface area contributed by atoms with Crippen LogP contribution in [-0.2, 0) is 4.74 Å². The van der Waals surface area contributed by atoms with Gasteiger partial charge < -0.3 is 14.5 Å². The summed E-state index contributed by atoms with van der Waals surface area (Å²) in [5, 5.41) is 3.61. The van der Waals surface area contributed by atoms with Gasteiger partial charge in [0.2, 0.25) is 0 Å². The van der Waals surface area contributed by atoms with E-state index in [2.05, 4.69) is 26.0 Å². The number of methoxy groups -OCH3 is 1. The fraction of sp³-hybridized carbons (Fsp3) is 0.111. The largest absolute Gasteiger partial charge is 0.465 e. The zero-order valence-electron chi connectivity index (χ0n) is 13.1. The molecule has 0 radical (unpaired) electrons. The molecule has 3 rings (SSSR count). The van der Waals surface area contributed by atoms with E-state index in [1.165, 1.54) is 7.11 Å². The molecule has 0 saturated heterocycles. The van der Waals surface area contributed by atoms with Crippen LogP contribution in [0.1, 0.15) is 26.5 Å². The maximum atomic E-state index is 12.5. The quantitative estimate of drug-likeness (QED) is 0.669. The van der Waals surface area contributed by atoms with Gasteiger partial charge in [-0.25, -0.2) is 4.79 Å². The average molecular weight is 388 g/mol. The van der Waals surface area contributed by atoms with Crippen LogP contribution in [0.5, 0.6) is 0 Å². The minimum Gasteiger partial charge on any atom is -0.465 e. The fourth-order valence-electron chi connectivity index (χ4n) is 2.44. The van der Waals surface area contributed by atoms with Gasteiger partial charge in [-0.3, -0.25) is 4.79 Å². The third-order valence-electron chi connectivity index (χ3n) is 3.65. The van der Waals surface area contributed by atoms with E-state index >= 15 is 0 Å². The van der Waals surface area contributed by atoms with Gasteiger partial charge in [0.25, 0.3) is 5.91 Å². The number of anilines is 1. The van der Waals surface area contributed by atoms with Gasteiger partial charge in [0.15, 0.2) is 5.76 Å². The van der Waals surface area contributed by atoms with E-state index in [9.17, 15) is 9.59 Å². The number of hydrogen-bond acceptors (Lipinski definition) is 4. The SMILES string of the molecule is COC(=O)c1cccc(NC(=O)c2oc3ccc(Br)cc3c2C)c1. The molecule has 0 saturated carbocycles. The molecule has 0 unspecified atom stereocenters. The summed E-state index contributed by atoms with van der Waals surface area (Å²) in [6.07, 6.45) is 0. The van der Waals surface area contributed by atoms with Gasteiger partial charge >= 0.3 is 5.97 Å². The molecule has 1 aromatic heterocycles. The van der Waals surface area contributed by atoms with Gasteiger partial charge in [0.1, 0.15) is 5.58 Å². The molecule has 0 bridgehead atoms. The summed E-state index contributed by atoms with van der Waals surface area (Å²) >= 11 is 3.41. The van der Waals surface area contributed by atoms with Crippen molar-refractivity contribution in [1.29, 1.82) is 0 Å². The highest BCUT2D eigenvalue weighted by molar-refractivity contribution is 9.10. The first-order valence-electron chi connectivity index (χ1n) is 7.18. The number of carbonyl (C=O) groups is 2. The van der Waals surface area contributed by atoms with Crippen LogP contribution in [0, 0.1) is 6.92 Å². The first kappa shape index (κ1) is 16.3. The number of nitrogens with one attached hydrogen (secondary N) is 1. The molecule has 5 nitrogen and oxygen atoms in total. The number of ether oxygens (including phenoxy) is 1. The maximum absolute atomic E-state index is 12.5. The molecule has 24 heavy (non-hydrogen) atoms. The van der Waals surface area contributed by atoms with Crippen LogP contribution in [0.15, 0.2) is 51.4 Å². The molecule has 0 aliphatic heterocycles.